The second-order valence-electron chi connectivity index (χ2n) is 8.10. The number of aromatic nitrogens is 1. The van der Waals surface area contributed by atoms with Crippen LogP contribution in [-0.2, 0) is 20.2 Å². The molecule has 32 heavy (non-hydrogen) atoms. The Morgan fingerprint density at radius 3 is 2.25 bits per heavy atom. The predicted octanol–water partition coefficient (Wildman–Crippen LogP) is 4.99. The SMILES string of the molecule is CNS(=O)(=O)c1ccc(-c2cccc(NC(=O)C3(c4ccccc4)CCCCC3)n2)cc1.[HH].[HH]. The number of pyridine rings is 1. The maximum atomic E-state index is 13.5. The van der Waals surface area contributed by atoms with Gasteiger partial charge in [0.2, 0.25) is 15.9 Å². The van der Waals surface area contributed by atoms with Crippen molar-refractivity contribution in [2.24, 2.45) is 0 Å². The van der Waals surface area contributed by atoms with Crippen LogP contribution in [0, 0.1) is 0 Å². The van der Waals surface area contributed by atoms with Crippen LogP contribution in [0.15, 0.2) is 77.7 Å². The van der Waals surface area contributed by atoms with Gasteiger partial charge in [0.05, 0.1) is 16.0 Å². The Hall–Kier alpha value is -3.03. The summed E-state index contributed by atoms with van der Waals surface area (Å²) in [6.07, 6.45) is 4.85. The van der Waals surface area contributed by atoms with Crippen molar-refractivity contribution in [3.8, 4) is 11.3 Å². The quantitative estimate of drug-likeness (QED) is 0.550. The molecule has 1 aliphatic carbocycles. The molecule has 1 aromatic heterocycles. The average Bonchev–Trinajstić information content (AvgIpc) is 2.85. The van der Waals surface area contributed by atoms with Crippen molar-refractivity contribution in [1.82, 2.24) is 9.71 Å². The van der Waals surface area contributed by atoms with E-state index >= 15 is 0 Å². The van der Waals surface area contributed by atoms with Crippen LogP contribution >= 0.6 is 0 Å². The van der Waals surface area contributed by atoms with Crippen LogP contribution in [0.25, 0.3) is 11.3 Å². The molecular formula is C25H31N3O3S. The number of amides is 1. The lowest BCUT2D eigenvalue weighted by Crippen LogP contribution is -2.42. The van der Waals surface area contributed by atoms with Gasteiger partial charge in [-0.15, -0.1) is 0 Å². The molecule has 1 amide bonds. The summed E-state index contributed by atoms with van der Waals surface area (Å²) in [5.41, 5.74) is 1.94. The third kappa shape index (κ3) is 4.45. The molecule has 1 saturated carbocycles. The van der Waals surface area contributed by atoms with Gasteiger partial charge >= 0.3 is 0 Å². The maximum absolute atomic E-state index is 13.5. The summed E-state index contributed by atoms with van der Waals surface area (Å²) in [4.78, 5) is 18.3. The Morgan fingerprint density at radius 1 is 0.906 bits per heavy atom. The molecule has 7 heteroatoms. The van der Waals surface area contributed by atoms with Gasteiger partial charge in [0.15, 0.2) is 0 Å². The van der Waals surface area contributed by atoms with Crippen molar-refractivity contribution >= 4 is 21.7 Å². The molecule has 0 unspecified atom stereocenters. The number of hydrogen-bond acceptors (Lipinski definition) is 4. The first kappa shape index (κ1) is 22.2. The number of carbonyl (C=O) groups is 1. The van der Waals surface area contributed by atoms with Gasteiger partial charge in [-0.2, -0.15) is 0 Å². The first-order valence-corrected chi connectivity index (χ1v) is 12.3. The standard InChI is InChI=1S/C25H27N3O3S.2H2/c1-26-32(30,31)21-15-13-19(14-16-21)22-11-8-12-23(27-22)28-24(29)25(17-6-3-7-18-25)20-9-4-2-5-10-20;;/h2,4-5,8-16,26H,3,6-7,17-18H2,1H3,(H,27,28,29);2*1H. The smallest absolute Gasteiger partial charge is 0.240 e. The summed E-state index contributed by atoms with van der Waals surface area (Å²) in [6, 6.07) is 22.0. The highest BCUT2D eigenvalue weighted by Crippen LogP contribution is 2.40. The largest absolute Gasteiger partial charge is 0.310 e. The van der Waals surface area contributed by atoms with E-state index in [0.717, 1.165) is 43.2 Å². The highest BCUT2D eigenvalue weighted by Gasteiger charge is 2.41. The van der Waals surface area contributed by atoms with E-state index in [9.17, 15) is 13.2 Å². The van der Waals surface area contributed by atoms with E-state index in [-0.39, 0.29) is 13.7 Å². The number of hydrogen-bond donors (Lipinski definition) is 2. The minimum Gasteiger partial charge on any atom is -0.310 e. The molecular weight excluding hydrogens is 422 g/mol. The minimum absolute atomic E-state index is 0. The summed E-state index contributed by atoms with van der Waals surface area (Å²) in [5.74, 6) is 0.462. The van der Waals surface area contributed by atoms with Gasteiger partial charge in [-0.3, -0.25) is 4.79 Å². The molecule has 1 aliphatic rings. The van der Waals surface area contributed by atoms with Crippen LogP contribution < -0.4 is 10.0 Å². The molecule has 1 heterocycles. The van der Waals surface area contributed by atoms with Gasteiger partial charge in [0.1, 0.15) is 5.82 Å². The molecule has 170 valence electrons. The van der Waals surface area contributed by atoms with E-state index in [2.05, 4.69) is 15.0 Å². The highest BCUT2D eigenvalue weighted by molar-refractivity contribution is 7.89. The summed E-state index contributed by atoms with van der Waals surface area (Å²) < 4.78 is 26.2. The highest BCUT2D eigenvalue weighted by atomic mass is 32.2. The van der Waals surface area contributed by atoms with Gasteiger partial charge in [-0.05, 0) is 49.7 Å². The molecule has 0 bridgehead atoms. The van der Waals surface area contributed by atoms with Crippen LogP contribution in [0.2, 0.25) is 0 Å². The van der Waals surface area contributed by atoms with E-state index in [4.69, 9.17) is 0 Å². The van der Waals surface area contributed by atoms with Crippen molar-refractivity contribution in [2.45, 2.75) is 42.4 Å². The van der Waals surface area contributed by atoms with Gasteiger partial charge < -0.3 is 5.32 Å². The molecule has 2 N–H and O–H groups in total. The monoisotopic (exact) mass is 453 g/mol. The molecule has 0 aliphatic heterocycles. The Balaban J connectivity index is 0.00000204. The Bertz CT molecular complexity index is 1200. The molecule has 0 saturated heterocycles. The summed E-state index contributed by atoms with van der Waals surface area (Å²) in [7, 11) is -2.11. The molecule has 0 atom stereocenters. The average molecular weight is 454 g/mol. The Labute approximate surface area is 192 Å². The number of benzene rings is 2. The van der Waals surface area contributed by atoms with Gasteiger partial charge in [0.25, 0.3) is 0 Å². The van der Waals surface area contributed by atoms with Crippen molar-refractivity contribution in [2.75, 3.05) is 12.4 Å². The Morgan fingerprint density at radius 2 is 1.59 bits per heavy atom. The topological polar surface area (TPSA) is 88.2 Å². The lowest BCUT2D eigenvalue weighted by atomic mass is 9.68. The molecule has 0 spiro atoms. The van der Waals surface area contributed by atoms with Crippen molar-refractivity contribution in [1.29, 1.82) is 0 Å². The molecule has 3 aromatic rings. The fourth-order valence-corrected chi connectivity index (χ4v) is 5.11. The molecule has 6 nitrogen and oxygen atoms in total. The molecule has 1 fully saturated rings. The number of sulfonamides is 1. The van der Waals surface area contributed by atoms with Gasteiger partial charge in [-0.1, -0.05) is 67.8 Å². The lowest BCUT2D eigenvalue weighted by Gasteiger charge is -2.36. The molecule has 0 radical (unpaired) electrons. The third-order valence-electron chi connectivity index (χ3n) is 6.19. The van der Waals surface area contributed by atoms with Crippen LogP contribution in [0.5, 0.6) is 0 Å². The van der Waals surface area contributed by atoms with E-state index in [1.807, 2.05) is 42.5 Å². The zero-order chi connectivity index (χ0) is 22.6. The minimum atomic E-state index is -3.49. The van der Waals surface area contributed by atoms with E-state index in [1.54, 1.807) is 30.3 Å². The first-order valence-electron chi connectivity index (χ1n) is 10.8. The summed E-state index contributed by atoms with van der Waals surface area (Å²) in [5, 5.41) is 3.05. The van der Waals surface area contributed by atoms with Crippen molar-refractivity contribution in [3.05, 3.63) is 78.4 Å². The van der Waals surface area contributed by atoms with E-state index < -0.39 is 15.4 Å². The van der Waals surface area contributed by atoms with Crippen LogP contribution in [0.4, 0.5) is 5.82 Å². The number of nitrogens with zero attached hydrogens (tertiary/aromatic N) is 1. The van der Waals surface area contributed by atoms with Crippen molar-refractivity contribution in [3.63, 3.8) is 0 Å². The van der Waals surface area contributed by atoms with E-state index in [0.29, 0.717) is 11.5 Å². The molecule has 4 rings (SSSR count). The fourth-order valence-electron chi connectivity index (χ4n) is 4.38. The zero-order valence-corrected chi connectivity index (χ0v) is 18.9. The normalized spacial score (nSPS) is 15.8. The second kappa shape index (κ2) is 9.22. The zero-order valence-electron chi connectivity index (χ0n) is 18.0. The Kier molecular flexibility index (Phi) is 6.39. The van der Waals surface area contributed by atoms with Crippen LogP contribution in [0.3, 0.4) is 0 Å². The number of nitrogens with one attached hydrogen (secondary N) is 2. The fraction of sp³-hybridized carbons (Fsp3) is 0.280. The first-order chi connectivity index (χ1) is 15.4. The summed E-state index contributed by atoms with van der Waals surface area (Å²) in [6.45, 7) is 0. The second-order valence-corrected chi connectivity index (χ2v) is 9.99. The number of anilines is 1. The molecule has 2 aromatic carbocycles. The van der Waals surface area contributed by atoms with Gasteiger partial charge in [-0.25, -0.2) is 18.1 Å². The maximum Gasteiger partial charge on any atom is 0.240 e. The van der Waals surface area contributed by atoms with Crippen LogP contribution in [0.1, 0.15) is 40.5 Å². The predicted molar refractivity (Wildman–Crippen MR) is 130 cm³/mol. The number of rotatable bonds is 6. The lowest BCUT2D eigenvalue weighted by molar-refractivity contribution is -0.122. The third-order valence-corrected chi connectivity index (χ3v) is 7.62. The van der Waals surface area contributed by atoms with E-state index in [1.165, 1.54) is 7.05 Å². The van der Waals surface area contributed by atoms with Crippen LogP contribution in [-0.4, -0.2) is 26.4 Å². The number of carbonyl (C=O) groups excluding carboxylic acids is 1. The van der Waals surface area contributed by atoms with Gasteiger partial charge in [0, 0.05) is 8.42 Å². The van der Waals surface area contributed by atoms with Crippen molar-refractivity contribution < 1.29 is 16.1 Å². The summed E-state index contributed by atoms with van der Waals surface area (Å²) >= 11 is 0.